The molecule has 71 heavy (non-hydrogen) atoms. The largest absolute Gasteiger partial charge is 0.456 e. The molecule has 8 rings (SSSR count). The first-order chi connectivity index (χ1) is 34.4. The summed E-state index contributed by atoms with van der Waals surface area (Å²) in [5, 5.41) is 1.66. The molecule has 0 saturated carbocycles. The molecule has 0 aromatic heterocycles. The fraction of sp³-hybridized carbons (Fsp3) is 0.271. The smallest absolute Gasteiger partial charge is 0.241 e. The standard InChI is InChI=1S/C59H63N3O5S4/c1-7-9-21-45(8-2)40-60-71(65,66)56-27-17-16-26-53(56)57-51-30-28-46(61(58-41(3)19-18-20-42(58)4)32-34-68-48-22-12-10-13-23-48)38-54(51)67-55-39-47(29-31-52(55)57)62(33-35-69-49-24-14-11-15-25-49)59-43(5)36-50(70(63)64)37-44(59)6/h10-20,22-31,36-39,45,60H,7-9,21,32-35,40H2,1-6H3/p+1. The van der Waals surface area contributed by atoms with E-state index < -0.39 is 21.1 Å². The zero-order valence-corrected chi connectivity index (χ0v) is 44.7. The van der Waals surface area contributed by atoms with E-state index in [0.29, 0.717) is 34.9 Å². The Morgan fingerprint density at radius 1 is 0.718 bits per heavy atom. The average Bonchev–Trinajstić information content (AvgIpc) is 3.37. The fourth-order valence-corrected chi connectivity index (χ4v) is 13.2. The Morgan fingerprint density at radius 2 is 1.37 bits per heavy atom. The van der Waals surface area contributed by atoms with Crippen LogP contribution in [0.4, 0.5) is 17.1 Å². The number of thioether (sulfide) groups is 2. The molecule has 1 aliphatic heterocycles. The third-order valence-electron chi connectivity index (χ3n) is 13.2. The number of aryl methyl sites for hydroxylation is 4. The second kappa shape index (κ2) is 23.8. The van der Waals surface area contributed by atoms with Gasteiger partial charge in [-0.2, -0.15) is 4.58 Å². The van der Waals surface area contributed by atoms with Gasteiger partial charge in [0.05, 0.1) is 21.6 Å². The Kier molecular flexibility index (Phi) is 17.4. The minimum atomic E-state index is -3.96. The van der Waals surface area contributed by atoms with Crippen molar-refractivity contribution < 1.29 is 21.6 Å². The molecule has 2 unspecified atom stereocenters. The van der Waals surface area contributed by atoms with Crippen LogP contribution in [0, 0.1) is 33.6 Å². The Morgan fingerprint density at radius 3 is 2.01 bits per heavy atom. The second-order valence-corrected chi connectivity index (χ2v) is 23.2. The molecule has 2 aliphatic rings. The van der Waals surface area contributed by atoms with Crippen molar-refractivity contribution in [1.82, 2.24) is 9.30 Å². The van der Waals surface area contributed by atoms with Crippen LogP contribution in [0.3, 0.4) is 0 Å². The van der Waals surface area contributed by atoms with Gasteiger partial charge in [0.2, 0.25) is 21.1 Å². The summed E-state index contributed by atoms with van der Waals surface area (Å²) < 4.78 is 64.1. The molecule has 1 aliphatic carbocycles. The zero-order chi connectivity index (χ0) is 50.1. The van der Waals surface area contributed by atoms with Crippen molar-refractivity contribution >= 4 is 72.7 Å². The molecule has 0 fully saturated rings. The first-order valence-electron chi connectivity index (χ1n) is 24.5. The highest BCUT2D eigenvalue weighted by atomic mass is 32.2. The lowest BCUT2D eigenvalue weighted by Crippen LogP contribution is -2.30. The van der Waals surface area contributed by atoms with Gasteiger partial charge in [-0.15, -0.1) is 23.5 Å². The van der Waals surface area contributed by atoms with Crippen LogP contribution in [0.5, 0.6) is 0 Å². The van der Waals surface area contributed by atoms with E-state index in [0.717, 1.165) is 110 Å². The number of hydrogen-bond acceptors (Lipinski definition) is 7. The third kappa shape index (κ3) is 12.2. The topological polar surface area (TPSA) is 103 Å². The van der Waals surface area contributed by atoms with Gasteiger partial charge in [-0.1, -0.05) is 106 Å². The van der Waals surface area contributed by atoms with Crippen LogP contribution in [-0.4, -0.2) is 48.3 Å². The van der Waals surface area contributed by atoms with E-state index in [-0.39, 0.29) is 10.8 Å². The summed E-state index contributed by atoms with van der Waals surface area (Å²) in [6.07, 6.45) is 3.97. The van der Waals surface area contributed by atoms with Crippen LogP contribution in [0.1, 0.15) is 61.8 Å². The number of unbranched alkanes of at least 4 members (excludes halogenated alkanes) is 1. The molecule has 0 amide bonds. The zero-order valence-electron chi connectivity index (χ0n) is 41.5. The van der Waals surface area contributed by atoms with Crippen molar-refractivity contribution in [3.05, 3.63) is 179 Å². The summed E-state index contributed by atoms with van der Waals surface area (Å²) >= 11 is 1.45. The molecule has 6 aromatic rings. The Balaban J connectivity index is 1.35. The van der Waals surface area contributed by atoms with Crippen molar-refractivity contribution in [2.45, 2.75) is 86.8 Å². The first-order valence-corrected chi connectivity index (χ1v) is 29.0. The third-order valence-corrected chi connectivity index (χ3v) is 17.3. The number of fused-ring (bicyclic) bond motifs is 2. The number of nitrogens with zero attached hydrogens (tertiary/aromatic N) is 2. The van der Waals surface area contributed by atoms with Crippen molar-refractivity contribution in [2.24, 2.45) is 5.92 Å². The molecular formula is C59H64N3O5S4+. The van der Waals surface area contributed by atoms with Crippen molar-refractivity contribution in [3.63, 3.8) is 0 Å². The molecule has 12 heteroatoms. The minimum Gasteiger partial charge on any atom is -0.456 e. The van der Waals surface area contributed by atoms with Gasteiger partial charge < -0.3 is 13.9 Å². The molecule has 2 atom stereocenters. The molecule has 6 aromatic carbocycles. The summed E-state index contributed by atoms with van der Waals surface area (Å²) in [4.78, 5) is 5.32. The van der Waals surface area contributed by atoms with E-state index in [1.807, 2.05) is 62.0 Å². The van der Waals surface area contributed by atoms with Crippen molar-refractivity contribution in [1.29, 1.82) is 0 Å². The molecule has 8 nitrogen and oxygen atoms in total. The van der Waals surface area contributed by atoms with E-state index in [9.17, 15) is 17.2 Å². The van der Waals surface area contributed by atoms with Crippen LogP contribution in [0.15, 0.2) is 176 Å². The number of nitrogens with one attached hydrogen (secondary N) is 1. The average molecular weight is 1020 g/mol. The maximum absolute atomic E-state index is 14.6. The molecule has 368 valence electrons. The van der Waals surface area contributed by atoms with Crippen LogP contribution < -0.4 is 19.6 Å². The van der Waals surface area contributed by atoms with Gasteiger partial charge in [-0.05, 0) is 112 Å². The lowest BCUT2D eigenvalue weighted by Gasteiger charge is -2.29. The maximum Gasteiger partial charge on any atom is 0.241 e. The first kappa shape index (κ1) is 51.9. The fourth-order valence-electron chi connectivity index (χ4n) is 9.61. The molecule has 1 heterocycles. The number of benzene rings is 7. The van der Waals surface area contributed by atoms with Gasteiger partial charge in [0, 0.05) is 85.3 Å². The van der Waals surface area contributed by atoms with E-state index >= 15 is 0 Å². The molecule has 0 saturated heterocycles. The van der Waals surface area contributed by atoms with Gasteiger partial charge in [0.1, 0.15) is 11.3 Å². The molecule has 0 bridgehead atoms. The number of hydrogen-bond donors (Lipinski definition) is 2. The van der Waals surface area contributed by atoms with Gasteiger partial charge in [-0.3, -0.25) is 0 Å². The van der Waals surface area contributed by atoms with E-state index in [1.165, 1.54) is 4.90 Å². The summed E-state index contributed by atoms with van der Waals surface area (Å²) in [5.74, 6) is 2.42. The molecule has 0 radical (unpaired) electrons. The summed E-state index contributed by atoms with van der Waals surface area (Å²) in [5.41, 5.74) is 9.87. The quantitative estimate of drug-likeness (QED) is 0.0318. The predicted octanol–water partition coefficient (Wildman–Crippen LogP) is 14.3. The maximum atomic E-state index is 14.6. The number of anilines is 2. The second-order valence-electron chi connectivity index (χ2n) is 18.1. The summed E-state index contributed by atoms with van der Waals surface area (Å²) in [6, 6.07) is 50.6. The molecule has 0 spiro atoms. The summed E-state index contributed by atoms with van der Waals surface area (Å²) in [6.45, 7) is 14.3. The van der Waals surface area contributed by atoms with Crippen molar-refractivity contribution in [3.8, 4) is 22.5 Å². The van der Waals surface area contributed by atoms with Crippen LogP contribution in [0.2, 0.25) is 0 Å². The normalized spacial score (nSPS) is 13.1. The Labute approximate surface area is 431 Å². The van der Waals surface area contributed by atoms with Crippen LogP contribution >= 0.6 is 23.5 Å². The number of sulfonamides is 1. The summed E-state index contributed by atoms with van der Waals surface area (Å²) in [7, 11) is -3.96. The van der Waals surface area contributed by atoms with E-state index in [1.54, 1.807) is 36.0 Å². The number of rotatable bonds is 21. The highest BCUT2D eigenvalue weighted by Gasteiger charge is 2.28. The lowest BCUT2D eigenvalue weighted by atomic mass is 9.93. The van der Waals surface area contributed by atoms with Crippen molar-refractivity contribution in [2.75, 3.05) is 36.0 Å². The predicted molar refractivity (Wildman–Crippen MR) is 299 cm³/mol. The highest BCUT2D eigenvalue weighted by molar-refractivity contribution is 7.99. The van der Waals surface area contributed by atoms with Gasteiger partial charge in [-0.25, -0.2) is 17.3 Å². The lowest BCUT2D eigenvalue weighted by molar-refractivity contribution is 0.444. The van der Waals surface area contributed by atoms with Gasteiger partial charge >= 0.3 is 0 Å². The highest BCUT2D eigenvalue weighted by Crippen LogP contribution is 2.44. The Hall–Kier alpha value is -5.47. The number of para-hydroxylation sites is 1. The molecule has 2 N–H and O–H groups in total. The van der Waals surface area contributed by atoms with E-state index in [4.69, 9.17) is 4.42 Å². The monoisotopic (exact) mass is 1020 g/mol. The minimum absolute atomic E-state index is 0.217. The van der Waals surface area contributed by atoms with Gasteiger partial charge in [0.25, 0.3) is 0 Å². The van der Waals surface area contributed by atoms with E-state index in [2.05, 4.69) is 133 Å². The molecular weight excluding hydrogens is 959 g/mol. The SMILES string of the molecule is CCCCC(CC)CNS(=O)(=O)c1ccccc1-c1c2ccc(=[N+](CCSc3ccccc3)c3c(C)cc(S(=O)O)cc3C)cc-2oc2cc(N(CCSc3ccccc3)c3c(C)cccc3C)ccc12. The van der Waals surface area contributed by atoms with Gasteiger partial charge in [0.15, 0.2) is 17.6 Å². The van der Waals surface area contributed by atoms with Crippen LogP contribution in [-0.2, 0) is 21.1 Å². The van der Waals surface area contributed by atoms with Crippen LogP contribution in [0.25, 0.3) is 33.4 Å². The Bertz CT molecular complexity index is 3260.